The van der Waals surface area contributed by atoms with E-state index in [0.717, 1.165) is 13.0 Å². The number of methoxy groups -OCH3 is 1. The molecule has 0 aromatic heterocycles. The Labute approximate surface area is 122 Å². The molecule has 2 saturated heterocycles. The molecule has 0 bridgehead atoms. The zero-order chi connectivity index (χ0) is 13.7. The molecule has 2 aliphatic rings. The smallest absolute Gasteiger partial charge is 0.0783 e. The summed E-state index contributed by atoms with van der Waals surface area (Å²) in [4.78, 5) is 0. The molecule has 0 aromatic carbocycles. The standard InChI is InChI=1S/C15H29NO2S/c1-4-5-13(17-3)14(16-2)12-6-8-18-15(10-12)7-9-19-11-15/h12-14,16H,4-11H2,1-3H3. The molecular formula is C15H29NO2S. The molecule has 2 fully saturated rings. The van der Waals surface area contributed by atoms with Crippen LogP contribution in [-0.4, -0.2) is 50.0 Å². The molecule has 1 N–H and O–H groups in total. The zero-order valence-corrected chi connectivity index (χ0v) is 13.4. The lowest BCUT2D eigenvalue weighted by Crippen LogP contribution is -2.51. The molecular weight excluding hydrogens is 258 g/mol. The predicted molar refractivity (Wildman–Crippen MR) is 81.9 cm³/mol. The van der Waals surface area contributed by atoms with Gasteiger partial charge in [0.1, 0.15) is 0 Å². The van der Waals surface area contributed by atoms with Gasteiger partial charge >= 0.3 is 0 Å². The average Bonchev–Trinajstić information content (AvgIpc) is 2.86. The SMILES string of the molecule is CCCC(OC)C(NC)C1CCOC2(CCSC2)C1. The second-order valence-electron chi connectivity index (χ2n) is 5.96. The van der Waals surface area contributed by atoms with Crippen molar-refractivity contribution in [2.75, 3.05) is 32.3 Å². The van der Waals surface area contributed by atoms with Crippen molar-refractivity contribution in [3.8, 4) is 0 Å². The van der Waals surface area contributed by atoms with Crippen molar-refractivity contribution in [1.82, 2.24) is 5.32 Å². The van der Waals surface area contributed by atoms with Gasteiger partial charge in [0, 0.05) is 25.5 Å². The van der Waals surface area contributed by atoms with Crippen LogP contribution in [-0.2, 0) is 9.47 Å². The first-order valence-corrected chi connectivity index (χ1v) is 8.82. The largest absolute Gasteiger partial charge is 0.380 e. The van der Waals surface area contributed by atoms with Crippen LogP contribution in [0.2, 0.25) is 0 Å². The third kappa shape index (κ3) is 3.66. The van der Waals surface area contributed by atoms with Crippen LogP contribution in [0.25, 0.3) is 0 Å². The first-order chi connectivity index (χ1) is 9.24. The lowest BCUT2D eigenvalue weighted by Gasteiger charge is -2.42. The van der Waals surface area contributed by atoms with Crippen molar-refractivity contribution in [1.29, 1.82) is 0 Å². The fraction of sp³-hybridized carbons (Fsp3) is 1.00. The number of hydrogen-bond acceptors (Lipinski definition) is 4. The summed E-state index contributed by atoms with van der Waals surface area (Å²) in [6.07, 6.45) is 6.26. The number of likely N-dealkylation sites (N-methyl/N-ethyl adjacent to an activating group) is 1. The molecule has 2 aliphatic heterocycles. The number of ether oxygens (including phenoxy) is 2. The fourth-order valence-corrected chi connectivity index (χ4v) is 5.07. The number of thioether (sulfide) groups is 1. The van der Waals surface area contributed by atoms with Crippen molar-refractivity contribution < 1.29 is 9.47 Å². The van der Waals surface area contributed by atoms with Crippen molar-refractivity contribution >= 4 is 11.8 Å². The second-order valence-corrected chi connectivity index (χ2v) is 7.07. The van der Waals surface area contributed by atoms with Gasteiger partial charge in [-0.25, -0.2) is 0 Å². The first-order valence-electron chi connectivity index (χ1n) is 7.66. The summed E-state index contributed by atoms with van der Waals surface area (Å²) < 4.78 is 11.9. The molecule has 0 aromatic rings. The quantitative estimate of drug-likeness (QED) is 0.813. The van der Waals surface area contributed by atoms with E-state index < -0.39 is 0 Å². The molecule has 2 rings (SSSR count). The Morgan fingerprint density at radius 3 is 2.95 bits per heavy atom. The molecule has 4 heteroatoms. The van der Waals surface area contributed by atoms with Crippen LogP contribution in [0.1, 0.15) is 39.0 Å². The second kappa shape index (κ2) is 7.30. The molecule has 1 spiro atoms. The maximum atomic E-state index is 6.14. The molecule has 112 valence electrons. The lowest BCUT2D eigenvalue weighted by molar-refractivity contribution is -0.0950. The van der Waals surface area contributed by atoms with Gasteiger partial charge in [0.25, 0.3) is 0 Å². The Hall–Kier alpha value is 0.230. The van der Waals surface area contributed by atoms with E-state index in [1.165, 1.54) is 37.2 Å². The third-order valence-electron chi connectivity index (χ3n) is 4.72. The summed E-state index contributed by atoms with van der Waals surface area (Å²) in [6.45, 7) is 3.16. The van der Waals surface area contributed by atoms with Gasteiger partial charge in [0.05, 0.1) is 11.7 Å². The maximum Gasteiger partial charge on any atom is 0.0783 e. The van der Waals surface area contributed by atoms with Crippen LogP contribution < -0.4 is 5.32 Å². The molecule has 0 radical (unpaired) electrons. The summed E-state index contributed by atoms with van der Waals surface area (Å²) >= 11 is 2.05. The molecule has 0 aliphatic carbocycles. The van der Waals surface area contributed by atoms with Crippen LogP contribution in [0.4, 0.5) is 0 Å². The predicted octanol–water partition coefficient (Wildman–Crippen LogP) is 2.69. The van der Waals surface area contributed by atoms with Crippen molar-refractivity contribution in [3.63, 3.8) is 0 Å². The van der Waals surface area contributed by atoms with Gasteiger partial charge in [0.2, 0.25) is 0 Å². The fourth-order valence-electron chi connectivity index (χ4n) is 3.69. The van der Waals surface area contributed by atoms with Crippen LogP contribution in [0.3, 0.4) is 0 Å². The highest BCUT2D eigenvalue weighted by molar-refractivity contribution is 7.99. The summed E-state index contributed by atoms with van der Waals surface area (Å²) in [5.74, 6) is 3.14. The highest BCUT2D eigenvalue weighted by Gasteiger charge is 2.43. The Morgan fingerprint density at radius 1 is 1.53 bits per heavy atom. The third-order valence-corrected chi connectivity index (χ3v) is 5.94. The van der Waals surface area contributed by atoms with Gasteiger partial charge in [-0.05, 0) is 44.4 Å². The Kier molecular flexibility index (Phi) is 6.00. The van der Waals surface area contributed by atoms with Crippen molar-refractivity contribution in [2.24, 2.45) is 5.92 Å². The maximum absolute atomic E-state index is 6.14. The minimum absolute atomic E-state index is 0.174. The normalized spacial score (nSPS) is 34.6. The topological polar surface area (TPSA) is 30.5 Å². The van der Waals surface area contributed by atoms with Gasteiger partial charge in [-0.15, -0.1) is 0 Å². The van der Waals surface area contributed by atoms with E-state index in [1.54, 1.807) is 0 Å². The lowest BCUT2D eigenvalue weighted by atomic mass is 9.79. The van der Waals surface area contributed by atoms with Crippen LogP contribution in [0.15, 0.2) is 0 Å². The van der Waals surface area contributed by atoms with Gasteiger partial charge in [0.15, 0.2) is 0 Å². The molecule has 4 unspecified atom stereocenters. The van der Waals surface area contributed by atoms with E-state index in [9.17, 15) is 0 Å². The van der Waals surface area contributed by atoms with Crippen LogP contribution in [0, 0.1) is 5.92 Å². The van der Waals surface area contributed by atoms with E-state index in [4.69, 9.17) is 9.47 Å². The van der Waals surface area contributed by atoms with Crippen molar-refractivity contribution in [2.45, 2.75) is 56.8 Å². The minimum atomic E-state index is 0.174. The van der Waals surface area contributed by atoms with E-state index in [0.29, 0.717) is 18.1 Å². The summed E-state index contributed by atoms with van der Waals surface area (Å²) in [5, 5.41) is 3.53. The molecule has 0 saturated carbocycles. The molecule has 0 amide bonds. The minimum Gasteiger partial charge on any atom is -0.380 e. The average molecular weight is 287 g/mol. The monoisotopic (exact) mass is 287 g/mol. The zero-order valence-electron chi connectivity index (χ0n) is 12.6. The van der Waals surface area contributed by atoms with Crippen molar-refractivity contribution in [3.05, 3.63) is 0 Å². The van der Waals surface area contributed by atoms with Gasteiger partial charge < -0.3 is 14.8 Å². The highest BCUT2D eigenvalue weighted by atomic mass is 32.2. The van der Waals surface area contributed by atoms with E-state index in [2.05, 4.69) is 19.3 Å². The molecule has 19 heavy (non-hydrogen) atoms. The molecule has 2 heterocycles. The Balaban J connectivity index is 2.00. The molecule has 3 nitrogen and oxygen atoms in total. The Morgan fingerprint density at radius 2 is 2.37 bits per heavy atom. The van der Waals surface area contributed by atoms with Gasteiger partial charge in [-0.1, -0.05) is 13.3 Å². The van der Waals surface area contributed by atoms with E-state index in [1.807, 2.05) is 18.9 Å². The summed E-state index contributed by atoms with van der Waals surface area (Å²) in [5.41, 5.74) is 0.174. The number of rotatable bonds is 6. The van der Waals surface area contributed by atoms with Crippen LogP contribution in [0.5, 0.6) is 0 Å². The highest BCUT2D eigenvalue weighted by Crippen LogP contribution is 2.42. The van der Waals surface area contributed by atoms with E-state index >= 15 is 0 Å². The number of nitrogens with one attached hydrogen (secondary N) is 1. The van der Waals surface area contributed by atoms with Gasteiger partial charge in [-0.3, -0.25) is 0 Å². The van der Waals surface area contributed by atoms with E-state index in [-0.39, 0.29) is 5.60 Å². The Bertz CT molecular complexity index is 269. The van der Waals surface area contributed by atoms with Crippen LogP contribution >= 0.6 is 11.8 Å². The first kappa shape index (κ1) is 15.6. The van der Waals surface area contributed by atoms with Gasteiger partial charge in [-0.2, -0.15) is 11.8 Å². The summed E-state index contributed by atoms with van der Waals surface area (Å²) in [6, 6.07) is 0.469. The molecule has 4 atom stereocenters. The summed E-state index contributed by atoms with van der Waals surface area (Å²) in [7, 11) is 3.93. The number of hydrogen-bond donors (Lipinski definition) is 1.